The second-order valence-corrected chi connectivity index (χ2v) is 9.22. The Morgan fingerprint density at radius 2 is 1.97 bits per heavy atom. The van der Waals surface area contributed by atoms with Crippen LogP contribution in [0.25, 0.3) is 10.9 Å². The normalized spacial score (nSPS) is 14.1. The lowest BCUT2D eigenvalue weighted by atomic mass is 9.96. The molecule has 0 aliphatic heterocycles. The first-order valence-corrected chi connectivity index (χ1v) is 11.9. The van der Waals surface area contributed by atoms with Crippen LogP contribution in [0.1, 0.15) is 29.2 Å². The van der Waals surface area contributed by atoms with Gasteiger partial charge in [-0.2, -0.15) is 0 Å². The molecule has 6 nitrogen and oxygen atoms in total. The topological polar surface area (TPSA) is 83.2 Å². The van der Waals surface area contributed by atoms with E-state index in [2.05, 4.69) is 39.2 Å². The van der Waals surface area contributed by atoms with E-state index in [0.717, 1.165) is 29.3 Å². The number of ether oxygens (including phenoxy) is 1. The average molecular weight is 460 g/mol. The highest BCUT2D eigenvalue weighted by Gasteiger charge is 2.29. The molecule has 0 spiro atoms. The van der Waals surface area contributed by atoms with Gasteiger partial charge in [-0.25, -0.2) is 0 Å². The Kier molecular flexibility index (Phi) is 6.13. The minimum atomic E-state index is -0.191. The van der Waals surface area contributed by atoms with Crippen LogP contribution in [0.4, 0.5) is 5.69 Å². The third kappa shape index (κ3) is 5.09. The number of H-pyrrole nitrogens is 1. The van der Waals surface area contributed by atoms with Crippen LogP contribution in [0, 0.1) is 5.92 Å². The van der Waals surface area contributed by atoms with Crippen molar-refractivity contribution in [3.63, 3.8) is 0 Å². The van der Waals surface area contributed by atoms with Crippen LogP contribution in [0.2, 0.25) is 0 Å². The summed E-state index contributed by atoms with van der Waals surface area (Å²) in [6.07, 6.45) is 3.93. The number of benzene rings is 2. The maximum atomic E-state index is 12.6. The summed E-state index contributed by atoms with van der Waals surface area (Å²) < 4.78 is 5.68. The number of thiophene rings is 1. The molecule has 168 valence electrons. The number of rotatable bonds is 9. The predicted octanol–water partition coefficient (Wildman–Crippen LogP) is 4.91. The number of carbonyl (C=O) groups is 2. The van der Waals surface area contributed by atoms with E-state index in [-0.39, 0.29) is 30.3 Å². The van der Waals surface area contributed by atoms with Gasteiger partial charge in [-0.05, 0) is 48.1 Å². The van der Waals surface area contributed by atoms with Gasteiger partial charge in [0.05, 0.1) is 0 Å². The number of anilines is 1. The largest absolute Gasteiger partial charge is 0.484 e. The van der Waals surface area contributed by atoms with Gasteiger partial charge in [0, 0.05) is 52.1 Å². The van der Waals surface area contributed by atoms with E-state index in [1.807, 2.05) is 30.5 Å². The molecule has 0 bridgehead atoms. The fourth-order valence-electron chi connectivity index (χ4n) is 3.90. The van der Waals surface area contributed by atoms with Gasteiger partial charge >= 0.3 is 0 Å². The molecule has 1 unspecified atom stereocenters. The van der Waals surface area contributed by atoms with E-state index >= 15 is 0 Å². The number of hydrogen-bond acceptors (Lipinski definition) is 4. The summed E-state index contributed by atoms with van der Waals surface area (Å²) in [7, 11) is 0. The van der Waals surface area contributed by atoms with Crippen molar-refractivity contribution in [2.24, 2.45) is 5.92 Å². The van der Waals surface area contributed by atoms with Crippen molar-refractivity contribution >= 4 is 39.7 Å². The molecule has 7 heteroatoms. The molecule has 2 heterocycles. The summed E-state index contributed by atoms with van der Waals surface area (Å²) in [5.74, 6) is 0.579. The summed E-state index contributed by atoms with van der Waals surface area (Å²) in [6, 6.07) is 19.5. The molecular weight excluding hydrogens is 434 g/mol. The van der Waals surface area contributed by atoms with Crippen molar-refractivity contribution in [1.29, 1.82) is 0 Å². The van der Waals surface area contributed by atoms with Crippen LogP contribution in [0.5, 0.6) is 5.75 Å². The molecule has 33 heavy (non-hydrogen) atoms. The third-order valence-corrected chi connectivity index (χ3v) is 6.79. The van der Waals surface area contributed by atoms with Crippen molar-refractivity contribution in [2.75, 3.05) is 18.5 Å². The molecular formula is C26H25N3O3S. The summed E-state index contributed by atoms with van der Waals surface area (Å²) in [5, 5.41) is 9.13. The highest BCUT2D eigenvalue weighted by molar-refractivity contribution is 7.10. The number of nitrogens with one attached hydrogen (secondary N) is 3. The first-order chi connectivity index (χ1) is 16.2. The van der Waals surface area contributed by atoms with Gasteiger partial charge in [-0.1, -0.05) is 30.3 Å². The van der Waals surface area contributed by atoms with E-state index < -0.39 is 0 Å². The molecule has 5 rings (SSSR count). The Hall–Kier alpha value is -3.58. The average Bonchev–Trinajstić information content (AvgIpc) is 3.39. The number of amides is 2. The van der Waals surface area contributed by atoms with Crippen molar-refractivity contribution in [1.82, 2.24) is 10.3 Å². The van der Waals surface area contributed by atoms with E-state index in [1.54, 1.807) is 29.5 Å². The molecule has 1 aliphatic carbocycles. The SMILES string of the molecule is O=C(COc1cccc(NC(=O)C2CC2)c1)NCC(c1cccs1)c1c[nH]c2ccccc12. The van der Waals surface area contributed by atoms with Gasteiger partial charge < -0.3 is 20.4 Å². The van der Waals surface area contributed by atoms with Gasteiger partial charge in [0.15, 0.2) is 6.61 Å². The standard InChI is InChI=1S/C26H25N3O3S/c30-25(16-32-19-6-3-5-18(13-19)29-26(31)17-10-11-17)28-15-22(24-9-4-12-33-24)21-14-27-23-8-2-1-7-20(21)23/h1-9,12-14,17,22,27H,10-11,15-16H2,(H,28,30)(H,29,31). The van der Waals surface area contributed by atoms with Gasteiger partial charge in [0.2, 0.25) is 5.91 Å². The quantitative estimate of drug-likeness (QED) is 0.333. The van der Waals surface area contributed by atoms with E-state index in [0.29, 0.717) is 18.0 Å². The number of para-hydroxylation sites is 1. The lowest BCUT2D eigenvalue weighted by Gasteiger charge is -2.16. The summed E-state index contributed by atoms with van der Waals surface area (Å²) in [4.78, 5) is 29.1. The molecule has 2 aromatic heterocycles. The Morgan fingerprint density at radius 3 is 2.79 bits per heavy atom. The number of fused-ring (bicyclic) bond motifs is 1. The van der Waals surface area contributed by atoms with Gasteiger partial charge in [-0.3, -0.25) is 9.59 Å². The third-order valence-electron chi connectivity index (χ3n) is 5.81. The van der Waals surface area contributed by atoms with E-state index in [1.165, 1.54) is 4.88 Å². The highest BCUT2D eigenvalue weighted by Crippen LogP contribution is 2.33. The molecule has 1 fully saturated rings. The van der Waals surface area contributed by atoms with Crippen LogP contribution in [0.3, 0.4) is 0 Å². The molecule has 2 aromatic carbocycles. The summed E-state index contributed by atoms with van der Waals surface area (Å²) in [5.41, 5.74) is 2.92. The summed E-state index contributed by atoms with van der Waals surface area (Å²) in [6.45, 7) is 0.382. The highest BCUT2D eigenvalue weighted by atomic mass is 32.1. The van der Waals surface area contributed by atoms with Crippen LogP contribution < -0.4 is 15.4 Å². The lowest BCUT2D eigenvalue weighted by molar-refractivity contribution is -0.123. The fourth-order valence-corrected chi connectivity index (χ4v) is 4.75. The van der Waals surface area contributed by atoms with Crippen molar-refractivity contribution in [3.8, 4) is 5.75 Å². The predicted molar refractivity (Wildman–Crippen MR) is 131 cm³/mol. The van der Waals surface area contributed by atoms with Crippen LogP contribution >= 0.6 is 11.3 Å². The number of hydrogen-bond donors (Lipinski definition) is 3. The first-order valence-electron chi connectivity index (χ1n) is 11.1. The lowest BCUT2D eigenvalue weighted by Crippen LogP contribution is -2.32. The van der Waals surface area contributed by atoms with Crippen LogP contribution in [-0.4, -0.2) is 29.9 Å². The zero-order valence-corrected chi connectivity index (χ0v) is 18.9. The minimum Gasteiger partial charge on any atom is -0.484 e. The molecule has 0 radical (unpaired) electrons. The number of aromatic nitrogens is 1. The molecule has 1 saturated carbocycles. The first kappa shape index (κ1) is 21.3. The molecule has 1 atom stereocenters. The zero-order valence-electron chi connectivity index (χ0n) is 18.0. The Bertz CT molecular complexity index is 1260. The number of carbonyl (C=O) groups excluding carboxylic acids is 2. The number of aromatic amines is 1. The van der Waals surface area contributed by atoms with E-state index in [4.69, 9.17) is 4.74 Å². The molecule has 4 aromatic rings. The van der Waals surface area contributed by atoms with Gasteiger partial charge in [0.1, 0.15) is 5.75 Å². The van der Waals surface area contributed by atoms with Crippen molar-refractivity contribution in [2.45, 2.75) is 18.8 Å². The Labute approximate surface area is 196 Å². The van der Waals surface area contributed by atoms with E-state index in [9.17, 15) is 9.59 Å². The maximum absolute atomic E-state index is 12.6. The second-order valence-electron chi connectivity index (χ2n) is 8.24. The monoisotopic (exact) mass is 459 g/mol. The van der Waals surface area contributed by atoms with Crippen molar-refractivity contribution in [3.05, 3.63) is 82.7 Å². The zero-order chi connectivity index (χ0) is 22.6. The van der Waals surface area contributed by atoms with Crippen LogP contribution in [-0.2, 0) is 9.59 Å². The molecule has 0 saturated heterocycles. The molecule has 1 aliphatic rings. The fraction of sp³-hybridized carbons (Fsp3) is 0.231. The van der Waals surface area contributed by atoms with Crippen molar-refractivity contribution < 1.29 is 14.3 Å². The molecule has 3 N–H and O–H groups in total. The van der Waals surface area contributed by atoms with Gasteiger partial charge in [-0.15, -0.1) is 11.3 Å². The summed E-state index contributed by atoms with van der Waals surface area (Å²) >= 11 is 1.68. The maximum Gasteiger partial charge on any atom is 0.257 e. The second kappa shape index (κ2) is 9.50. The van der Waals surface area contributed by atoms with Gasteiger partial charge in [0.25, 0.3) is 5.91 Å². The Morgan fingerprint density at radius 1 is 1.09 bits per heavy atom. The Balaban J connectivity index is 1.21. The minimum absolute atomic E-state index is 0.0433. The molecule has 2 amide bonds. The smallest absolute Gasteiger partial charge is 0.257 e. The van der Waals surface area contributed by atoms with Crippen LogP contribution in [0.15, 0.2) is 72.2 Å².